The normalized spacial score (nSPS) is 11.0. The second kappa shape index (κ2) is 9.19. The molecule has 0 atom stereocenters. The predicted molar refractivity (Wildman–Crippen MR) is 120 cm³/mol. The van der Waals surface area contributed by atoms with Crippen molar-refractivity contribution >= 4 is 38.9 Å². The number of halogens is 1. The van der Waals surface area contributed by atoms with E-state index in [-0.39, 0.29) is 12.5 Å². The van der Waals surface area contributed by atoms with Gasteiger partial charge in [-0.15, -0.1) is 0 Å². The number of benzene rings is 3. The van der Waals surface area contributed by atoms with Gasteiger partial charge in [-0.1, -0.05) is 41.9 Å². The van der Waals surface area contributed by atoms with Crippen LogP contribution in [0.5, 0.6) is 5.75 Å². The highest BCUT2D eigenvalue weighted by Gasteiger charge is 2.18. The first kappa shape index (κ1) is 21.7. The molecule has 156 valence electrons. The number of carbonyl (C=O) groups is 1. The van der Waals surface area contributed by atoms with E-state index in [0.29, 0.717) is 27.7 Å². The maximum absolute atomic E-state index is 12.5. The Kier molecular flexibility index (Phi) is 6.64. The Morgan fingerprint density at radius 2 is 1.70 bits per heavy atom. The van der Waals surface area contributed by atoms with Gasteiger partial charge in [-0.05, 0) is 48.0 Å². The van der Waals surface area contributed by atoms with Crippen molar-refractivity contribution in [2.75, 3.05) is 23.0 Å². The van der Waals surface area contributed by atoms with Crippen LogP contribution in [0.15, 0.2) is 72.8 Å². The minimum atomic E-state index is -3.50. The van der Waals surface area contributed by atoms with Crippen molar-refractivity contribution in [3.63, 3.8) is 0 Å². The summed E-state index contributed by atoms with van der Waals surface area (Å²) >= 11 is 6.09. The highest BCUT2D eigenvalue weighted by atomic mass is 35.5. The summed E-state index contributed by atoms with van der Waals surface area (Å²) < 4.78 is 31.0. The maximum Gasteiger partial charge on any atom is 0.255 e. The standard InChI is InChI=1S/C22H21ClN2O4S/c1-29-21-13-10-18(14-20(21)23)24-22(26)17-8-11-19(12-9-17)25(30(2,27)28)15-16-6-4-3-5-7-16/h3-14H,15H2,1-2H3,(H,24,26). The average molecular weight is 445 g/mol. The molecular formula is C22H21ClN2O4S. The molecule has 0 saturated carbocycles. The average Bonchev–Trinajstić information content (AvgIpc) is 2.72. The SMILES string of the molecule is COc1ccc(NC(=O)c2ccc(N(Cc3ccccc3)S(C)(=O)=O)cc2)cc1Cl. The van der Waals surface area contributed by atoms with Crippen molar-refractivity contribution in [1.29, 1.82) is 0 Å². The molecule has 1 amide bonds. The Hall–Kier alpha value is -3.03. The molecule has 0 unspecified atom stereocenters. The topological polar surface area (TPSA) is 75.7 Å². The van der Waals surface area contributed by atoms with Crippen LogP contribution in [0.25, 0.3) is 0 Å². The van der Waals surface area contributed by atoms with Crippen LogP contribution in [0.1, 0.15) is 15.9 Å². The number of hydrogen-bond donors (Lipinski definition) is 1. The van der Waals surface area contributed by atoms with Crippen LogP contribution in [0, 0.1) is 0 Å². The van der Waals surface area contributed by atoms with Crippen LogP contribution in [0.3, 0.4) is 0 Å². The second-order valence-corrected chi connectivity index (χ2v) is 8.92. The Bertz CT molecular complexity index is 1130. The maximum atomic E-state index is 12.5. The highest BCUT2D eigenvalue weighted by Crippen LogP contribution is 2.27. The van der Waals surface area contributed by atoms with Crippen LogP contribution < -0.4 is 14.4 Å². The summed E-state index contributed by atoms with van der Waals surface area (Å²) in [4.78, 5) is 12.5. The molecule has 0 fully saturated rings. The van der Waals surface area contributed by atoms with Gasteiger partial charge in [0.05, 0.1) is 30.6 Å². The summed E-state index contributed by atoms with van der Waals surface area (Å²) in [5, 5.41) is 3.14. The largest absolute Gasteiger partial charge is 0.495 e. The van der Waals surface area contributed by atoms with E-state index < -0.39 is 10.0 Å². The number of hydrogen-bond acceptors (Lipinski definition) is 4. The first-order chi connectivity index (χ1) is 14.3. The van der Waals surface area contributed by atoms with Crippen molar-refractivity contribution in [2.45, 2.75) is 6.54 Å². The number of amides is 1. The quantitative estimate of drug-likeness (QED) is 0.579. The molecule has 0 aromatic heterocycles. The lowest BCUT2D eigenvalue weighted by Gasteiger charge is -2.22. The zero-order valence-corrected chi connectivity index (χ0v) is 18.1. The van der Waals surface area contributed by atoms with Crippen molar-refractivity contribution in [3.05, 3.63) is 88.9 Å². The van der Waals surface area contributed by atoms with Gasteiger partial charge in [-0.25, -0.2) is 8.42 Å². The van der Waals surface area contributed by atoms with E-state index in [1.54, 1.807) is 42.5 Å². The summed E-state index contributed by atoms with van der Waals surface area (Å²) in [5.41, 5.74) is 2.25. The third-order valence-corrected chi connectivity index (χ3v) is 5.83. The Morgan fingerprint density at radius 1 is 1.03 bits per heavy atom. The first-order valence-electron chi connectivity index (χ1n) is 9.04. The molecule has 0 aliphatic carbocycles. The molecule has 30 heavy (non-hydrogen) atoms. The van der Waals surface area contributed by atoms with E-state index in [4.69, 9.17) is 16.3 Å². The summed E-state index contributed by atoms with van der Waals surface area (Å²) in [5.74, 6) is 0.176. The van der Waals surface area contributed by atoms with E-state index in [0.717, 1.165) is 11.8 Å². The summed E-state index contributed by atoms with van der Waals surface area (Å²) in [7, 11) is -1.99. The van der Waals surface area contributed by atoms with Gasteiger partial charge in [-0.2, -0.15) is 0 Å². The fourth-order valence-electron chi connectivity index (χ4n) is 2.88. The molecule has 0 bridgehead atoms. The van der Waals surface area contributed by atoms with Gasteiger partial charge in [0.1, 0.15) is 5.75 Å². The van der Waals surface area contributed by atoms with Crippen molar-refractivity contribution < 1.29 is 17.9 Å². The number of sulfonamides is 1. The highest BCUT2D eigenvalue weighted by molar-refractivity contribution is 7.92. The molecule has 0 spiro atoms. The fourth-order valence-corrected chi connectivity index (χ4v) is 4.02. The van der Waals surface area contributed by atoms with Crippen LogP contribution in [-0.4, -0.2) is 27.7 Å². The minimum Gasteiger partial charge on any atom is -0.495 e. The van der Waals surface area contributed by atoms with Crippen LogP contribution in [-0.2, 0) is 16.6 Å². The molecule has 0 aliphatic rings. The molecule has 0 saturated heterocycles. The van der Waals surface area contributed by atoms with Gasteiger partial charge >= 0.3 is 0 Å². The summed E-state index contributed by atoms with van der Waals surface area (Å²) in [6, 6.07) is 20.6. The smallest absolute Gasteiger partial charge is 0.255 e. The van der Waals surface area contributed by atoms with E-state index in [2.05, 4.69) is 5.32 Å². The lowest BCUT2D eigenvalue weighted by atomic mass is 10.1. The number of carbonyl (C=O) groups excluding carboxylic acids is 1. The van der Waals surface area contributed by atoms with Gasteiger partial charge in [0.15, 0.2) is 0 Å². The number of nitrogens with one attached hydrogen (secondary N) is 1. The molecule has 6 nitrogen and oxygen atoms in total. The molecule has 1 N–H and O–H groups in total. The molecular weight excluding hydrogens is 424 g/mol. The lowest BCUT2D eigenvalue weighted by Crippen LogP contribution is -2.29. The van der Waals surface area contributed by atoms with E-state index in [1.165, 1.54) is 11.4 Å². The monoisotopic (exact) mass is 444 g/mol. The van der Waals surface area contributed by atoms with E-state index in [9.17, 15) is 13.2 Å². The zero-order valence-electron chi connectivity index (χ0n) is 16.5. The molecule has 3 aromatic rings. The molecule has 0 heterocycles. The zero-order chi connectivity index (χ0) is 21.7. The lowest BCUT2D eigenvalue weighted by molar-refractivity contribution is 0.102. The predicted octanol–water partition coefficient (Wildman–Crippen LogP) is 4.57. The van der Waals surface area contributed by atoms with Crippen LogP contribution in [0.2, 0.25) is 5.02 Å². The van der Waals surface area contributed by atoms with Gasteiger partial charge in [0.25, 0.3) is 5.91 Å². The summed E-state index contributed by atoms with van der Waals surface area (Å²) in [6.07, 6.45) is 1.16. The Balaban J connectivity index is 1.78. The molecule has 0 aliphatic heterocycles. The van der Waals surface area contributed by atoms with Crippen molar-refractivity contribution in [3.8, 4) is 5.75 Å². The molecule has 3 aromatic carbocycles. The third kappa shape index (κ3) is 5.31. The first-order valence-corrected chi connectivity index (χ1v) is 11.3. The fraction of sp³-hybridized carbons (Fsp3) is 0.136. The Morgan fingerprint density at radius 3 is 2.27 bits per heavy atom. The van der Waals surface area contributed by atoms with Gasteiger partial charge in [0, 0.05) is 11.3 Å². The summed E-state index contributed by atoms with van der Waals surface area (Å²) in [6.45, 7) is 0.204. The van der Waals surface area contributed by atoms with E-state index in [1.807, 2.05) is 30.3 Å². The molecule has 8 heteroatoms. The van der Waals surface area contributed by atoms with Gasteiger partial charge < -0.3 is 10.1 Å². The van der Waals surface area contributed by atoms with Crippen LogP contribution in [0.4, 0.5) is 11.4 Å². The minimum absolute atomic E-state index is 0.204. The van der Waals surface area contributed by atoms with Gasteiger partial charge in [-0.3, -0.25) is 9.10 Å². The third-order valence-electron chi connectivity index (χ3n) is 4.40. The number of rotatable bonds is 7. The van der Waals surface area contributed by atoms with Crippen molar-refractivity contribution in [2.24, 2.45) is 0 Å². The second-order valence-electron chi connectivity index (χ2n) is 6.61. The number of anilines is 2. The number of ether oxygens (including phenoxy) is 1. The van der Waals surface area contributed by atoms with E-state index >= 15 is 0 Å². The molecule has 0 radical (unpaired) electrons. The number of nitrogens with zero attached hydrogens (tertiary/aromatic N) is 1. The van der Waals surface area contributed by atoms with Crippen molar-refractivity contribution in [1.82, 2.24) is 0 Å². The Labute approximate surface area is 181 Å². The number of methoxy groups -OCH3 is 1. The molecule has 3 rings (SSSR count). The van der Waals surface area contributed by atoms with Crippen LogP contribution >= 0.6 is 11.6 Å². The van der Waals surface area contributed by atoms with Gasteiger partial charge in [0.2, 0.25) is 10.0 Å².